The van der Waals surface area contributed by atoms with Gasteiger partial charge in [-0.05, 0) is 59.3 Å². The van der Waals surface area contributed by atoms with E-state index in [2.05, 4.69) is 64.2 Å². The lowest BCUT2D eigenvalue weighted by molar-refractivity contribution is 0.548. The SMILES string of the molecule is CC(C)CNCc1cn(-c2ccc(I)cc2)nn1. The molecule has 0 radical (unpaired) electrons. The maximum Gasteiger partial charge on any atom is 0.0969 e. The minimum absolute atomic E-state index is 0.649. The predicted octanol–water partition coefficient (Wildman–Crippen LogP) is 2.62. The van der Waals surface area contributed by atoms with E-state index in [1.54, 1.807) is 0 Å². The second kappa shape index (κ2) is 6.29. The molecule has 1 aromatic carbocycles. The molecule has 0 unspecified atom stereocenters. The van der Waals surface area contributed by atoms with Gasteiger partial charge in [0.2, 0.25) is 0 Å². The maximum absolute atomic E-state index is 4.16. The zero-order valence-corrected chi connectivity index (χ0v) is 12.8. The van der Waals surface area contributed by atoms with Gasteiger partial charge in [-0.3, -0.25) is 0 Å². The van der Waals surface area contributed by atoms with E-state index in [4.69, 9.17) is 0 Å². The Labute approximate surface area is 121 Å². The van der Waals surface area contributed by atoms with E-state index in [0.29, 0.717) is 5.92 Å². The van der Waals surface area contributed by atoms with Gasteiger partial charge in [0.1, 0.15) is 0 Å². The Bertz CT molecular complexity index is 490. The van der Waals surface area contributed by atoms with Crippen LogP contribution in [0, 0.1) is 9.49 Å². The van der Waals surface area contributed by atoms with Crippen LogP contribution in [0.1, 0.15) is 19.5 Å². The Hall–Kier alpha value is -0.950. The molecule has 96 valence electrons. The van der Waals surface area contributed by atoms with Gasteiger partial charge < -0.3 is 5.32 Å². The Morgan fingerprint density at radius 2 is 2.00 bits per heavy atom. The van der Waals surface area contributed by atoms with Crippen molar-refractivity contribution in [2.45, 2.75) is 20.4 Å². The Morgan fingerprint density at radius 1 is 1.28 bits per heavy atom. The molecule has 0 amide bonds. The fourth-order valence-electron chi connectivity index (χ4n) is 1.59. The molecule has 0 atom stereocenters. The zero-order valence-electron chi connectivity index (χ0n) is 10.6. The summed E-state index contributed by atoms with van der Waals surface area (Å²) in [6, 6.07) is 8.21. The molecule has 0 spiro atoms. The van der Waals surface area contributed by atoms with Gasteiger partial charge in [0, 0.05) is 10.1 Å². The van der Waals surface area contributed by atoms with Gasteiger partial charge >= 0.3 is 0 Å². The van der Waals surface area contributed by atoms with Crippen molar-refractivity contribution in [3.8, 4) is 5.69 Å². The quantitative estimate of drug-likeness (QED) is 0.838. The molecular weight excluding hydrogens is 339 g/mol. The van der Waals surface area contributed by atoms with Gasteiger partial charge in [0.05, 0.1) is 17.6 Å². The number of nitrogens with one attached hydrogen (secondary N) is 1. The summed E-state index contributed by atoms with van der Waals surface area (Å²) in [7, 11) is 0. The van der Waals surface area contributed by atoms with E-state index in [9.17, 15) is 0 Å². The third-order valence-corrected chi connectivity index (χ3v) is 3.21. The number of hydrogen-bond acceptors (Lipinski definition) is 3. The van der Waals surface area contributed by atoms with E-state index in [-0.39, 0.29) is 0 Å². The molecule has 18 heavy (non-hydrogen) atoms. The van der Waals surface area contributed by atoms with E-state index in [0.717, 1.165) is 24.5 Å². The second-order valence-corrected chi connectivity index (χ2v) is 5.90. The monoisotopic (exact) mass is 356 g/mol. The summed E-state index contributed by atoms with van der Waals surface area (Å²) in [5.74, 6) is 0.649. The number of nitrogens with zero attached hydrogens (tertiary/aromatic N) is 3. The molecule has 1 aromatic heterocycles. The summed E-state index contributed by atoms with van der Waals surface area (Å²) >= 11 is 2.29. The molecule has 2 aromatic rings. The van der Waals surface area contributed by atoms with Gasteiger partial charge in [-0.15, -0.1) is 5.10 Å². The van der Waals surface area contributed by atoms with Crippen LogP contribution in [0.3, 0.4) is 0 Å². The number of hydrogen-bond donors (Lipinski definition) is 1. The fraction of sp³-hybridized carbons (Fsp3) is 0.385. The average molecular weight is 356 g/mol. The standard InChI is InChI=1S/C13H17IN4/c1-10(2)7-15-8-12-9-18(17-16-12)13-5-3-11(14)4-6-13/h3-6,9-10,15H,7-8H2,1-2H3. The molecule has 2 rings (SSSR count). The van der Waals surface area contributed by atoms with Crippen molar-refractivity contribution in [2.75, 3.05) is 6.54 Å². The molecule has 0 saturated heterocycles. The highest BCUT2D eigenvalue weighted by molar-refractivity contribution is 14.1. The van der Waals surface area contributed by atoms with E-state index in [1.165, 1.54) is 3.57 Å². The lowest BCUT2D eigenvalue weighted by Gasteiger charge is -2.04. The third kappa shape index (κ3) is 3.78. The molecule has 0 saturated carbocycles. The molecule has 1 N–H and O–H groups in total. The first-order chi connectivity index (χ1) is 8.65. The Balaban J connectivity index is 1.99. The number of rotatable bonds is 5. The minimum Gasteiger partial charge on any atom is -0.311 e. The predicted molar refractivity (Wildman–Crippen MR) is 80.6 cm³/mol. The van der Waals surface area contributed by atoms with Gasteiger partial charge in [-0.25, -0.2) is 4.68 Å². The van der Waals surface area contributed by atoms with Crippen molar-refractivity contribution in [2.24, 2.45) is 5.92 Å². The summed E-state index contributed by atoms with van der Waals surface area (Å²) in [4.78, 5) is 0. The highest BCUT2D eigenvalue weighted by Crippen LogP contribution is 2.10. The first-order valence-corrected chi connectivity index (χ1v) is 7.11. The molecule has 5 heteroatoms. The van der Waals surface area contributed by atoms with Gasteiger partial charge in [-0.1, -0.05) is 19.1 Å². The van der Waals surface area contributed by atoms with Gasteiger partial charge in [-0.2, -0.15) is 0 Å². The zero-order chi connectivity index (χ0) is 13.0. The normalized spacial score (nSPS) is 11.1. The third-order valence-electron chi connectivity index (χ3n) is 2.49. The molecule has 4 nitrogen and oxygen atoms in total. The topological polar surface area (TPSA) is 42.7 Å². The molecule has 0 aliphatic carbocycles. The summed E-state index contributed by atoms with van der Waals surface area (Å²) in [6.07, 6.45) is 1.97. The van der Waals surface area contributed by atoms with Crippen LogP contribution in [-0.4, -0.2) is 21.5 Å². The van der Waals surface area contributed by atoms with E-state index in [1.807, 2.05) is 23.0 Å². The molecular formula is C13H17IN4. The van der Waals surface area contributed by atoms with Crippen molar-refractivity contribution in [1.82, 2.24) is 20.3 Å². The first-order valence-electron chi connectivity index (χ1n) is 6.03. The number of halogens is 1. The van der Waals surface area contributed by atoms with Crippen LogP contribution in [0.25, 0.3) is 5.69 Å². The lowest BCUT2D eigenvalue weighted by Crippen LogP contribution is -2.19. The number of benzene rings is 1. The molecule has 0 aliphatic rings. The van der Waals surface area contributed by atoms with Crippen LogP contribution in [0.4, 0.5) is 0 Å². The van der Waals surface area contributed by atoms with E-state index >= 15 is 0 Å². The van der Waals surface area contributed by atoms with Crippen LogP contribution in [0.15, 0.2) is 30.5 Å². The number of aromatic nitrogens is 3. The summed E-state index contributed by atoms with van der Waals surface area (Å²) in [6.45, 7) is 6.14. The summed E-state index contributed by atoms with van der Waals surface area (Å²) in [5, 5.41) is 11.7. The van der Waals surface area contributed by atoms with Gasteiger partial charge in [0.25, 0.3) is 0 Å². The molecule has 1 heterocycles. The van der Waals surface area contributed by atoms with Crippen molar-refractivity contribution < 1.29 is 0 Å². The first kappa shape index (κ1) is 13.5. The fourth-order valence-corrected chi connectivity index (χ4v) is 1.95. The largest absolute Gasteiger partial charge is 0.311 e. The maximum atomic E-state index is 4.16. The average Bonchev–Trinajstić information content (AvgIpc) is 2.78. The van der Waals surface area contributed by atoms with Crippen molar-refractivity contribution in [1.29, 1.82) is 0 Å². The Kier molecular flexibility index (Phi) is 4.71. The minimum atomic E-state index is 0.649. The highest BCUT2D eigenvalue weighted by atomic mass is 127. The summed E-state index contributed by atoms with van der Waals surface area (Å²) in [5.41, 5.74) is 2.01. The van der Waals surface area contributed by atoms with Crippen molar-refractivity contribution in [3.63, 3.8) is 0 Å². The second-order valence-electron chi connectivity index (χ2n) is 4.66. The van der Waals surface area contributed by atoms with Crippen molar-refractivity contribution >= 4 is 22.6 Å². The van der Waals surface area contributed by atoms with Crippen LogP contribution in [-0.2, 0) is 6.54 Å². The molecule has 0 aliphatic heterocycles. The van der Waals surface area contributed by atoms with Gasteiger partial charge in [0.15, 0.2) is 0 Å². The van der Waals surface area contributed by atoms with Crippen LogP contribution >= 0.6 is 22.6 Å². The highest BCUT2D eigenvalue weighted by Gasteiger charge is 2.02. The lowest BCUT2D eigenvalue weighted by atomic mass is 10.2. The van der Waals surface area contributed by atoms with Crippen LogP contribution < -0.4 is 5.32 Å². The Morgan fingerprint density at radius 3 is 2.67 bits per heavy atom. The van der Waals surface area contributed by atoms with E-state index < -0.39 is 0 Å². The molecule has 0 fully saturated rings. The molecule has 0 bridgehead atoms. The smallest absolute Gasteiger partial charge is 0.0969 e. The summed E-state index contributed by atoms with van der Waals surface area (Å²) < 4.78 is 3.03. The van der Waals surface area contributed by atoms with Crippen molar-refractivity contribution in [3.05, 3.63) is 39.7 Å². The van der Waals surface area contributed by atoms with Crippen LogP contribution in [0.2, 0.25) is 0 Å². The van der Waals surface area contributed by atoms with Crippen LogP contribution in [0.5, 0.6) is 0 Å².